The second-order valence-electron chi connectivity index (χ2n) is 3.91. The van der Waals surface area contributed by atoms with Gasteiger partial charge in [-0.2, -0.15) is 0 Å². The van der Waals surface area contributed by atoms with Crippen LogP contribution in [0.15, 0.2) is 12.4 Å². The smallest absolute Gasteiger partial charge is 0.356 e. The molecule has 0 aliphatic carbocycles. The highest BCUT2D eigenvalue weighted by molar-refractivity contribution is 5.85. The van der Waals surface area contributed by atoms with Gasteiger partial charge < -0.3 is 10.4 Å². The summed E-state index contributed by atoms with van der Waals surface area (Å²) < 4.78 is 0. The van der Waals surface area contributed by atoms with E-state index in [1.807, 2.05) is 6.92 Å². The van der Waals surface area contributed by atoms with Crippen LogP contribution in [0.2, 0.25) is 0 Å². The SMILES string of the molecule is CCC(C)C(C)Nc1cncc(C(=O)O)n1. The fourth-order valence-electron chi connectivity index (χ4n) is 1.27. The van der Waals surface area contributed by atoms with Crippen molar-refractivity contribution in [1.82, 2.24) is 9.97 Å². The minimum atomic E-state index is -1.06. The Kier molecular flexibility index (Phi) is 4.22. The summed E-state index contributed by atoms with van der Waals surface area (Å²) in [4.78, 5) is 18.5. The quantitative estimate of drug-likeness (QED) is 0.798. The van der Waals surface area contributed by atoms with E-state index in [4.69, 9.17) is 5.11 Å². The van der Waals surface area contributed by atoms with Gasteiger partial charge in [-0.3, -0.25) is 4.98 Å². The van der Waals surface area contributed by atoms with E-state index < -0.39 is 5.97 Å². The summed E-state index contributed by atoms with van der Waals surface area (Å²) in [5.74, 6) is -0.0599. The Balaban J connectivity index is 2.74. The van der Waals surface area contributed by atoms with Crippen LogP contribution in [0.4, 0.5) is 5.82 Å². The number of aromatic nitrogens is 2. The molecule has 16 heavy (non-hydrogen) atoms. The molecular formula is C11H17N3O2. The largest absolute Gasteiger partial charge is 0.476 e. The summed E-state index contributed by atoms with van der Waals surface area (Å²) in [7, 11) is 0. The van der Waals surface area contributed by atoms with Crippen LogP contribution in [0.1, 0.15) is 37.7 Å². The van der Waals surface area contributed by atoms with Crippen molar-refractivity contribution in [3.63, 3.8) is 0 Å². The highest BCUT2D eigenvalue weighted by atomic mass is 16.4. The lowest BCUT2D eigenvalue weighted by Crippen LogP contribution is -2.24. The van der Waals surface area contributed by atoms with Crippen molar-refractivity contribution in [3.05, 3.63) is 18.1 Å². The Hall–Kier alpha value is -1.65. The Labute approximate surface area is 94.9 Å². The molecule has 2 unspecified atom stereocenters. The van der Waals surface area contributed by atoms with E-state index in [1.54, 1.807) is 0 Å². The monoisotopic (exact) mass is 223 g/mol. The lowest BCUT2D eigenvalue weighted by molar-refractivity contribution is 0.0690. The molecule has 1 rings (SSSR count). The molecule has 1 aromatic heterocycles. The summed E-state index contributed by atoms with van der Waals surface area (Å²) in [6, 6.07) is 0.239. The predicted octanol–water partition coefficient (Wildman–Crippen LogP) is 2.02. The van der Waals surface area contributed by atoms with Gasteiger partial charge in [0.25, 0.3) is 0 Å². The van der Waals surface area contributed by atoms with Crippen LogP contribution >= 0.6 is 0 Å². The first-order chi connectivity index (χ1) is 7.54. The van der Waals surface area contributed by atoms with Gasteiger partial charge in [0.1, 0.15) is 5.82 Å². The van der Waals surface area contributed by atoms with Crippen molar-refractivity contribution in [2.24, 2.45) is 5.92 Å². The number of hydrogen-bond donors (Lipinski definition) is 2. The summed E-state index contributed by atoms with van der Waals surface area (Å²) in [5, 5.41) is 11.9. The number of carboxylic acid groups (broad SMARTS) is 1. The van der Waals surface area contributed by atoms with E-state index in [0.29, 0.717) is 11.7 Å². The average Bonchev–Trinajstić information content (AvgIpc) is 2.28. The van der Waals surface area contributed by atoms with E-state index in [2.05, 4.69) is 29.1 Å². The minimum absolute atomic E-state index is 0.0404. The summed E-state index contributed by atoms with van der Waals surface area (Å²) in [6.45, 7) is 6.29. The maximum atomic E-state index is 10.7. The zero-order valence-electron chi connectivity index (χ0n) is 9.77. The van der Waals surface area contributed by atoms with Gasteiger partial charge in [0.2, 0.25) is 0 Å². The van der Waals surface area contributed by atoms with Crippen molar-refractivity contribution >= 4 is 11.8 Å². The zero-order chi connectivity index (χ0) is 12.1. The number of hydrogen-bond acceptors (Lipinski definition) is 4. The van der Waals surface area contributed by atoms with Gasteiger partial charge in [-0.1, -0.05) is 20.3 Å². The maximum absolute atomic E-state index is 10.7. The molecule has 5 nitrogen and oxygen atoms in total. The van der Waals surface area contributed by atoms with E-state index in [9.17, 15) is 4.79 Å². The van der Waals surface area contributed by atoms with Gasteiger partial charge in [0.15, 0.2) is 5.69 Å². The molecule has 1 aromatic rings. The molecule has 0 saturated heterocycles. The second kappa shape index (κ2) is 5.44. The minimum Gasteiger partial charge on any atom is -0.476 e. The number of carboxylic acids is 1. The zero-order valence-corrected chi connectivity index (χ0v) is 9.77. The van der Waals surface area contributed by atoms with Crippen LogP contribution in [-0.4, -0.2) is 27.1 Å². The van der Waals surface area contributed by atoms with E-state index in [0.717, 1.165) is 6.42 Å². The van der Waals surface area contributed by atoms with Crippen LogP contribution in [0.3, 0.4) is 0 Å². The van der Waals surface area contributed by atoms with Crippen molar-refractivity contribution < 1.29 is 9.90 Å². The van der Waals surface area contributed by atoms with E-state index >= 15 is 0 Å². The highest BCUT2D eigenvalue weighted by Crippen LogP contribution is 2.12. The lowest BCUT2D eigenvalue weighted by atomic mass is 10.0. The molecule has 0 amide bonds. The summed E-state index contributed by atoms with van der Waals surface area (Å²) in [6.07, 6.45) is 3.83. The molecule has 0 radical (unpaired) electrons. The third-order valence-electron chi connectivity index (χ3n) is 2.73. The summed E-state index contributed by atoms with van der Waals surface area (Å²) >= 11 is 0. The van der Waals surface area contributed by atoms with Crippen LogP contribution in [-0.2, 0) is 0 Å². The number of rotatable bonds is 5. The molecule has 0 aliphatic rings. The van der Waals surface area contributed by atoms with E-state index in [1.165, 1.54) is 12.4 Å². The molecule has 88 valence electrons. The molecule has 0 saturated carbocycles. The van der Waals surface area contributed by atoms with Gasteiger partial charge in [0, 0.05) is 6.04 Å². The molecule has 2 atom stereocenters. The maximum Gasteiger partial charge on any atom is 0.356 e. The fraction of sp³-hybridized carbons (Fsp3) is 0.545. The first-order valence-corrected chi connectivity index (χ1v) is 5.36. The van der Waals surface area contributed by atoms with Gasteiger partial charge in [-0.25, -0.2) is 9.78 Å². The standard InChI is InChI=1S/C11H17N3O2/c1-4-7(2)8(3)13-10-6-12-5-9(14-10)11(15)16/h5-8H,4H2,1-3H3,(H,13,14)(H,15,16). The van der Waals surface area contributed by atoms with Crippen LogP contribution in [0.25, 0.3) is 0 Å². The molecular weight excluding hydrogens is 206 g/mol. The molecule has 5 heteroatoms. The van der Waals surface area contributed by atoms with Crippen LogP contribution < -0.4 is 5.32 Å². The topological polar surface area (TPSA) is 75.1 Å². The molecule has 0 spiro atoms. The number of nitrogens with zero attached hydrogens (tertiary/aromatic N) is 2. The number of aromatic carboxylic acids is 1. The van der Waals surface area contributed by atoms with Crippen LogP contribution in [0.5, 0.6) is 0 Å². The number of carbonyl (C=O) groups is 1. The Morgan fingerprint density at radius 3 is 2.75 bits per heavy atom. The molecule has 0 aliphatic heterocycles. The van der Waals surface area contributed by atoms with Crippen molar-refractivity contribution in [2.45, 2.75) is 33.2 Å². The van der Waals surface area contributed by atoms with Gasteiger partial charge in [-0.15, -0.1) is 0 Å². The van der Waals surface area contributed by atoms with Crippen molar-refractivity contribution in [1.29, 1.82) is 0 Å². The van der Waals surface area contributed by atoms with Crippen molar-refractivity contribution in [3.8, 4) is 0 Å². The van der Waals surface area contributed by atoms with Gasteiger partial charge in [-0.05, 0) is 12.8 Å². The predicted molar refractivity (Wildman–Crippen MR) is 61.5 cm³/mol. The third-order valence-corrected chi connectivity index (χ3v) is 2.73. The fourth-order valence-corrected chi connectivity index (χ4v) is 1.27. The highest BCUT2D eigenvalue weighted by Gasteiger charge is 2.12. The molecule has 0 aromatic carbocycles. The number of anilines is 1. The first kappa shape index (κ1) is 12.4. The molecule has 0 fully saturated rings. The number of nitrogens with one attached hydrogen (secondary N) is 1. The average molecular weight is 223 g/mol. The van der Waals surface area contributed by atoms with Crippen molar-refractivity contribution in [2.75, 3.05) is 5.32 Å². The first-order valence-electron chi connectivity index (χ1n) is 5.36. The molecule has 0 bridgehead atoms. The lowest BCUT2D eigenvalue weighted by Gasteiger charge is -2.20. The Morgan fingerprint density at radius 1 is 1.50 bits per heavy atom. The summed E-state index contributed by atoms with van der Waals surface area (Å²) in [5.41, 5.74) is -0.0404. The van der Waals surface area contributed by atoms with Gasteiger partial charge >= 0.3 is 5.97 Å². The molecule has 2 N–H and O–H groups in total. The van der Waals surface area contributed by atoms with Gasteiger partial charge in [0.05, 0.1) is 12.4 Å². The Morgan fingerprint density at radius 2 is 2.19 bits per heavy atom. The van der Waals surface area contributed by atoms with Crippen LogP contribution in [0, 0.1) is 5.92 Å². The normalized spacial score (nSPS) is 14.2. The Bertz CT molecular complexity index is 368. The van der Waals surface area contributed by atoms with E-state index in [-0.39, 0.29) is 11.7 Å². The molecule has 1 heterocycles. The third kappa shape index (κ3) is 3.18. The second-order valence-corrected chi connectivity index (χ2v) is 3.91.